The Bertz CT molecular complexity index is 507. The van der Waals surface area contributed by atoms with Gasteiger partial charge in [0.05, 0.1) is 11.2 Å². The molecule has 0 atom stereocenters. The molecule has 0 spiro atoms. The number of nitrogens with two attached hydrogens (primary N) is 1. The lowest BCUT2D eigenvalue weighted by Gasteiger charge is -2.01. The van der Waals surface area contributed by atoms with Crippen LogP contribution in [0, 0.1) is 5.82 Å². The highest BCUT2D eigenvalue weighted by molar-refractivity contribution is 6.31. The van der Waals surface area contributed by atoms with E-state index in [-0.39, 0.29) is 5.02 Å². The van der Waals surface area contributed by atoms with Crippen LogP contribution in [0.4, 0.5) is 10.2 Å². The third kappa shape index (κ3) is 1.68. The van der Waals surface area contributed by atoms with Crippen molar-refractivity contribution in [3.8, 4) is 11.1 Å². The quantitative estimate of drug-likeness (QED) is 0.810. The van der Waals surface area contributed by atoms with Crippen molar-refractivity contribution in [3.05, 3.63) is 35.2 Å². The van der Waals surface area contributed by atoms with Gasteiger partial charge in [-0.15, -0.1) is 0 Å². The fraction of sp³-hybridized carbons (Fsp3) is 0.100. The number of rotatable bonds is 1. The SMILES string of the molecule is Cn1ncc(-c2ccc(F)c(Cl)c2)c1N. The number of halogens is 2. The van der Waals surface area contributed by atoms with Gasteiger partial charge in [0.25, 0.3) is 0 Å². The molecule has 0 saturated carbocycles. The summed E-state index contributed by atoms with van der Waals surface area (Å²) >= 11 is 5.68. The molecule has 0 bridgehead atoms. The first-order valence-corrected chi connectivity index (χ1v) is 4.70. The number of aromatic nitrogens is 2. The van der Waals surface area contributed by atoms with Crippen molar-refractivity contribution in [1.82, 2.24) is 9.78 Å². The Morgan fingerprint density at radius 1 is 1.47 bits per heavy atom. The Hall–Kier alpha value is -1.55. The van der Waals surface area contributed by atoms with E-state index >= 15 is 0 Å². The van der Waals surface area contributed by atoms with Crippen molar-refractivity contribution in [2.45, 2.75) is 0 Å². The zero-order valence-electron chi connectivity index (χ0n) is 8.04. The summed E-state index contributed by atoms with van der Waals surface area (Å²) in [6.45, 7) is 0. The third-order valence-corrected chi connectivity index (χ3v) is 2.50. The summed E-state index contributed by atoms with van der Waals surface area (Å²) in [5.74, 6) is 0.0838. The van der Waals surface area contributed by atoms with E-state index in [0.717, 1.165) is 11.1 Å². The van der Waals surface area contributed by atoms with Crippen molar-refractivity contribution in [2.75, 3.05) is 5.73 Å². The van der Waals surface area contributed by atoms with E-state index < -0.39 is 5.82 Å². The van der Waals surface area contributed by atoms with E-state index in [1.54, 1.807) is 24.0 Å². The first-order valence-electron chi connectivity index (χ1n) is 4.32. The van der Waals surface area contributed by atoms with Gasteiger partial charge < -0.3 is 5.73 Å². The molecule has 0 fully saturated rings. The van der Waals surface area contributed by atoms with Crippen molar-refractivity contribution in [2.24, 2.45) is 7.05 Å². The Labute approximate surface area is 91.3 Å². The molecule has 78 valence electrons. The zero-order chi connectivity index (χ0) is 11.0. The highest BCUT2D eigenvalue weighted by Crippen LogP contribution is 2.28. The average molecular weight is 226 g/mol. The van der Waals surface area contributed by atoms with Gasteiger partial charge in [0, 0.05) is 12.6 Å². The largest absolute Gasteiger partial charge is 0.383 e. The minimum Gasteiger partial charge on any atom is -0.383 e. The molecule has 0 unspecified atom stereocenters. The summed E-state index contributed by atoms with van der Waals surface area (Å²) in [7, 11) is 1.74. The minimum atomic E-state index is -0.442. The highest BCUT2D eigenvalue weighted by Gasteiger charge is 2.09. The lowest BCUT2D eigenvalue weighted by molar-refractivity contribution is 0.628. The van der Waals surface area contributed by atoms with E-state index in [1.165, 1.54) is 12.1 Å². The summed E-state index contributed by atoms with van der Waals surface area (Å²) in [5.41, 5.74) is 7.29. The average Bonchev–Trinajstić information content (AvgIpc) is 2.53. The van der Waals surface area contributed by atoms with Crippen LogP contribution in [-0.4, -0.2) is 9.78 Å². The molecule has 1 heterocycles. The Morgan fingerprint density at radius 2 is 2.20 bits per heavy atom. The molecular weight excluding hydrogens is 217 g/mol. The van der Waals surface area contributed by atoms with Crippen molar-refractivity contribution in [1.29, 1.82) is 0 Å². The summed E-state index contributed by atoms with van der Waals surface area (Å²) in [4.78, 5) is 0. The van der Waals surface area contributed by atoms with Crippen molar-refractivity contribution < 1.29 is 4.39 Å². The molecule has 2 rings (SSSR count). The number of anilines is 1. The molecule has 0 aliphatic rings. The molecule has 2 aromatic rings. The van der Waals surface area contributed by atoms with Crippen LogP contribution < -0.4 is 5.73 Å². The van der Waals surface area contributed by atoms with Gasteiger partial charge in [-0.25, -0.2) is 4.39 Å². The Balaban J connectivity index is 2.55. The van der Waals surface area contributed by atoms with E-state index in [2.05, 4.69) is 5.10 Å². The fourth-order valence-electron chi connectivity index (χ4n) is 1.33. The van der Waals surface area contributed by atoms with Gasteiger partial charge in [0.1, 0.15) is 11.6 Å². The zero-order valence-corrected chi connectivity index (χ0v) is 8.79. The van der Waals surface area contributed by atoms with Crippen LogP contribution in [0.5, 0.6) is 0 Å². The van der Waals surface area contributed by atoms with E-state index in [9.17, 15) is 4.39 Å². The lowest BCUT2D eigenvalue weighted by Crippen LogP contribution is -1.98. The van der Waals surface area contributed by atoms with Gasteiger partial charge in [-0.05, 0) is 17.7 Å². The molecule has 0 aliphatic heterocycles. The molecule has 2 N–H and O–H groups in total. The first kappa shape index (κ1) is 9.98. The minimum absolute atomic E-state index is 0.0794. The van der Waals surface area contributed by atoms with Gasteiger partial charge in [0.15, 0.2) is 0 Å². The fourth-order valence-corrected chi connectivity index (χ4v) is 1.51. The van der Waals surface area contributed by atoms with Crippen LogP contribution in [0.25, 0.3) is 11.1 Å². The molecule has 1 aromatic carbocycles. The van der Waals surface area contributed by atoms with E-state index in [4.69, 9.17) is 17.3 Å². The van der Waals surface area contributed by atoms with Crippen LogP contribution in [0.3, 0.4) is 0 Å². The number of hydrogen-bond acceptors (Lipinski definition) is 2. The number of nitrogens with zero attached hydrogens (tertiary/aromatic N) is 2. The van der Waals surface area contributed by atoms with Gasteiger partial charge in [-0.2, -0.15) is 5.10 Å². The summed E-state index contributed by atoms with van der Waals surface area (Å²) in [6.07, 6.45) is 1.62. The standard InChI is InChI=1S/C10H9ClFN3/c1-15-10(13)7(5-14-15)6-2-3-9(12)8(11)4-6/h2-5H,13H2,1H3. The number of nitrogen functional groups attached to an aromatic ring is 1. The second kappa shape index (κ2) is 3.55. The highest BCUT2D eigenvalue weighted by atomic mass is 35.5. The Kier molecular flexibility index (Phi) is 2.36. The van der Waals surface area contributed by atoms with Crippen LogP contribution in [0.1, 0.15) is 0 Å². The van der Waals surface area contributed by atoms with Crippen molar-refractivity contribution in [3.63, 3.8) is 0 Å². The number of aryl methyl sites for hydroxylation is 1. The molecule has 0 aliphatic carbocycles. The summed E-state index contributed by atoms with van der Waals surface area (Å²) in [6, 6.07) is 4.46. The van der Waals surface area contributed by atoms with E-state index in [1.807, 2.05) is 0 Å². The predicted molar refractivity (Wildman–Crippen MR) is 58.0 cm³/mol. The predicted octanol–water partition coefficient (Wildman–Crippen LogP) is 2.46. The molecule has 5 heteroatoms. The first-order chi connectivity index (χ1) is 7.09. The maximum Gasteiger partial charge on any atom is 0.141 e. The summed E-state index contributed by atoms with van der Waals surface area (Å²) < 4.78 is 14.5. The molecule has 1 aromatic heterocycles. The van der Waals surface area contributed by atoms with Crippen LogP contribution >= 0.6 is 11.6 Å². The van der Waals surface area contributed by atoms with Crippen LogP contribution in [0.2, 0.25) is 5.02 Å². The van der Waals surface area contributed by atoms with Crippen molar-refractivity contribution >= 4 is 17.4 Å². The third-order valence-electron chi connectivity index (χ3n) is 2.22. The molecular formula is C10H9ClFN3. The molecule has 0 amide bonds. The second-order valence-electron chi connectivity index (χ2n) is 3.20. The number of benzene rings is 1. The number of hydrogen-bond donors (Lipinski definition) is 1. The maximum absolute atomic E-state index is 12.9. The van der Waals surface area contributed by atoms with Gasteiger partial charge in [-0.3, -0.25) is 4.68 Å². The molecule has 0 radical (unpaired) electrons. The van der Waals surface area contributed by atoms with Gasteiger partial charge in [0.2, 0.25) is 0 Å². The molecule has 0 saturated heterocycles. The molecule has 3 nitrogen and oxygen atoms in total. The van der Waals surface area contributed by atoms with Crippen LogP contribution in [-0.2, 0) is 7.05 Å². The van der Waals surface area contributed by atoms with Gasteiger partial charge in [-0.1, -0.05) is 17.7 Å². The molecule has 15 heavy (non-hydrogen) atoms. The van der Waals surface area contributed by atoms with E-state index in [0.29, 0.717) is 5.82 Å². The lowest BCUT2D eigenvalue weighted by atomic mass is 10.1. The Morgan fingerprint density at radius 3 is 2.73 bits per heavy atom. The second-order valence-corrected chi connectivity index (χ2v) is 3.60. The smallest absolute Gasteiger partial charge is 0.141 e. The van der Waals surface area contributed by atoms with Crippen LogP contribution in [0.15, 0.2) is 24.4 Å². The monoisotopic (exact) mass is 225 g/mol. The normalized spacial score (nSPS) is 10.6. The topological polar surface area (TPSA) is 43.8 Å². The maximum atomic E-state index is 12.9. The van der Waals surface area contributed by atoms with Gasteiger partial charge >= 0.3 is 0 Å². The summed E-state index contributed by atoms with van der Waals surface area (Å²) in [5, 5.41) is 4.08.